The Morgan fingerprint density at radius 3 is 2.12 bits per heavy atom. The van der Waals surface area contributed by atoms with Crippen LogP contribution >= 0.6 is 0 Å². The molecule has 0 spiro atoms. The van der Waals surface area contributed by atoms with Gasteiger partial charge in [-0.25, -0.2) is 8.42 Å². The van der Waals surface area contributed by atoms with Crippen LogP contribution in [0.4, 0.5) is 0 Å². The standard InChI is InChI=1S/C31H40N2O6S/c1-22(2)19-33(40(36,37)27-16-14-26(38-5)15-17-27)20-29(34)28(18-25-12-7-6-8-13-25)32-30(35)21-39-31-23(3)10-9-11-24(31)4/h6-17,22,28-29,34H,18-21H2,1-5H3,(H,32,35)/t28?,29-/m1/s1. The van der Waals surface area contributed by atoms with E-state index in [1.807, 2.05) is 76.2 Å². The topological polar surface area (TPSA) is 105 Å². The third kappa shape index (κ3) is 8.55. The van der Waals surface area contributed by atoms with Gasteiger partial charge in [-0.05, 0) is 67.1 Å². The minimum atomic E-state index is -3.93. The summed E-state index contributed by atoms with van der Waals surface area (Å²) in [4.78, 5) is 13.1. The summed E-state index contributed by atoms with van der Waals surface area (Å²) in [5, 5.41) is 14.3. The van der Waals surface area contributed by atoms with Crippen LogP contribution in [0.2, 0.25) is 0 Å². The second kappa shape index (κ2) is 14.3. The molecule has 2 atom stereocenters. The minimum Gasteiger partial charge on any atom is -0.497 e. The van der Waals surface area contributed by atoms with Crippen molar-refractivity contribution in [2.45, 2.75) is 51.2 Å². The molecule has 0 aliphatic carbocycles. The highest BCUT2D eigenvalue weighted by molar-refractivity contribution is 7.89. The van der Waals surface area contributed by atoms with Crippen LogP contribution in [0.15, 0.2) is 77.7 Å². The highest BCUT2D eigenvalue weighted by Gasteiger charge is 2.31. The van der Waals surface area contributed by atoms with Gasteiger partial charge in [0.25, 0.3) is 5.91 Å². The smallest absolute Gasteiger partial charge is 0.258 e. The summed E-state index contributed by atoms with van der Waals surface area (Å²) in [5.41, 5.74) is 2.74. The third-order valence-electron chi connectivity index (χ3n) is 6.52. The number of amides is 1. The molecule has 2 N–H and O–H groups in total. The first-order chi connectivity index (χ1) is 19.0. The quantitative estimate of drug-likeness (QED) is 0.303. The van der Waals surface area contributed by atoms with Crippen molar-refractivity contribution in [2.75, 3.05) is 26.8 Å². The Bertz CT molecular complexity index is 1320. The molecule has 0 fully saturated rings. The lowest BCUT2D eigenvalue weighted by atomic mass is 10.0. The molecule has 0 radical (unpaired) electrons. The maximum absolute atomic E-state index is 13.6. The lowest BCUT2D eigenvalue weighted by Crippen LogP contribution is -2.52. The first kappa shape index (κ1) is 31.1. The second-order valence-corrected chi connectivity index (χ2v) is 12.3. The summed E-state index contributed by atoms with van der Waals surface area (Å²) in [7, 11) is -2.41. The summed E-state index contributed by atoms with van der Waals surface area (Å²) < 4.78 is 39.4. The molecule has 1 amide bonds. The van der Waals surface area contributed by atoms with Gasteiger partial charge in [0, 0.05) is 13.1 Å². The van der Waals surface area contributed by atoms with E-state index >= 15 is 0 Å². The first-order valence-electron chi connectivity index (χ1n) is 13.4. The zero-order valence-corrected chi connectivity index (χ0v) is 24.6. The SMILES string of the molecule is COc1ccc(S(=O)(=O)N(CC(C)C)C[C@@H](O)C(Cc2ccccc2)NC(=O)COc2c(C)cccc2C)cc1. The summed E-state index contributed by atoms with van der Waals surface area (Å²) in [5.74, 6) is 0.791. The van der Waals surface area contributed by atoms with E-state index in [2.05, 4.69) is 5.32 Å². The fourth-order valence-electron chi connectivity index (χ4n) is 4.47. The van der Waals surface area contributed by atoms with E-state index in [1.165, 1.54) is 23.5 Å². The third-order valence-corrected chi connectivity index (χ3v) is 8.37. The zero-order chi connectivity index (χ0) is 29.3. The molecule has 0 aliphatic heterocycles. The van der Waals surface area contributed by atoms with Crippen molar-refractivity contribution in [3.63, 3.8) is 0 Å². The number of hydrogen-bond acceptors (Lipinski definition) is 6. The Balaban J connectivity index is 1.81. The summed E-state index contributed by atoms with van der Waals surface area (Å²) in [6.07, 6.45) is -0.869. The van der Waals surface area contributed by atoms with Gasteiger partial charge >= 0.3 is 0 Å². The van der Waals surface area contributed by atoms with Gasteiger partial charge in [0.1, 0.15) is 11.5 Å². The van der Waals surface area contributed by atoms with E-state index in [0.717, 1.165) is 16.7 Å². The lowest BCUT2D eigenvalue weighted by molar-refractivity contribution is -0.124. The van der Waals surface area contributed by atoms with Crippen molar-refractivity contribution in [1.82, 2.24) is 9.62 Å². The van der Waals surface area contributed by atoms with Crippen LogP contribution in [0, 0.1) is 19.8 Å². The van der Waals surface area contributed by atoms with Crippen LogP contribution in [-0.4, -0.2) is 62.7 Å². The van der Waals surface area contributed by atoms with Crippen LogP contribution in [-0.2, 0) is 21.2 Å². The molecular weight excluding hydrogens is 528 g/mol. The van der Waals surface area contributed by atoms with Crippen LogP contribution < -0.4 is 14.8 Å². The maximum atomic E-state index is 13.6. The van der Waals surface area contributed by atoms with Gasteiger partial charge in [0.05, 0.1) is 24.2 Å². The van der Waals surface area contributed by atoms with Gasteiger partial charge < -0.3 is 19.9 Å². The fraction of sp³-hybridized carbons (Fsp3) is 0.387. The Morgan fingerprint density at radius 2 is 1.55 bits per heavy atom. The van der Waals surface area contributed by atoms with E-state index in [0.29, 0.717) is 17.9 Å². The Hall–Kier alpha value is -3.40. The number of ether oxygens (including phenoxy) is 2. The molecule has 3 rings (SSSR count). The van der Waals surface area contributed by atoms with Gasteiger partial charge in [0.15, 0.2) is 6.61 Å². The van der Waals surface area contributed by atoms with E-state index in [-0.39, 0.29) is 30.5 Å². The number of aliphatic hydroxyl groups is 1. The van der Waals surface area contributed by atoms with Gasteiger partial charge in [-0.3, -0.25) is 4.79 Å². The van der Waals surface area contributed by atoms with Gasteiger partial charge in [-0.2, -0.15) is 4.31 Å². The van der Waals surface area contributed by atoms with Crippen molar-refractivity contribution in [3.05, 3.63) is 89.5 Å². The molecule has 0 bridgehead atoms. The largest absolute Gasteiger partial charge is 0.497 e. The van der Waals surface area contributed by atoms with Crippen LogP contribution in [0.5, 0.6) is 11.5 Å². The number of hydrogen-bond donors (Lipinski definition) is 2. The van der Waals surface area contributed by atoms with Crippen LogP contribution in [0.1, 0.15) is 30.5 Å². The number of sulfonamides is 1. The average Bonchev–Trinajstić information content (AvgIpc) is 2.92. The number of benzene rings is 3. The van der Waals surface area contributed by atoms with E-state index in [1.54, 1.807) is 12.1 Å². The normalized spacial score (nSPS) is 13.2. The molecule has 0 heterocycles. The molecule has 0 saturated heterocycles. The number of nitrogens with one attached hydrogen (secondary N) is 1. The average molecular weight is 569 g/mol. The Labute approximate surface area is 238 Å². The highest BCUT2D eigenvalue weighted by atomic mass is 32.2. The molecule has 0 aromatic heterocycles. The summed E-state index contributed by atoms with van der Waals surface area (Å²) in [6, 6.07) is 20.6. The number of nitrogens with zero attached hydrogens (tertiary/aromatic N) is 1. The summed E-state index contributed by atoms with van der Waals surface area (Å²) >= 11 is 0. The summed E-state index contributed by atoms with van der Waals surface area (Å²) in [6.45, 7) is 7.43. The van der Waals surface area contributed by atoms with E-state index in [4.69, 9.17) is 9.47 Å². The minimum absolute atomic E-state index is 0.00754. The molecule has 9 heteroatoms. The Kier molecular flexibility index (Phi) is 11.1. The highest BCUT2D eigenvalue weighted by Crippen LogP contribution is 2.23. The number of carbonyl (C=O) groups excluding carboxylic acids is 1. The predicted molar refractivity (Wildman–Crippen MR) is 156 cm³/mol. The Morgan fingerprint density at radius 1 is 0.925 bits per heavy atom. The maximum Gasteiger partial charge on any atom is 0.258 e. The molecule has 3 aromatic rings. The number of carbonyl (C=O) groups is 1. The van der Waals surface area contributed by atoms with Gasteiger partial charge in [0.2, 0.25) is 10.0 Å². The van der Waals surface area contributed by atoms with Gasteiger partial charge in [-0.15, -0.1) is 0 Å². The van der Waals surface area contributed by atoms with E-state index in [9.17, 15) is 18.3 Å². The molecule has 3 aromatic carbocycles. The van der Waals surface area contributed by atoms with Crippen molar-refractivity contribution in [1.29, 1.82) is 0 Å². The van der Waals surface area contributed by atoms with Crippen molar-refractivity contribution in [3.8, 4) is 11.5 Å². The van der Waals surface area contributed by atoms with Gasteiger partial charge in [-0.1, -0.05) is 62.4 Å². The number of aryl methyl sites for hydroxylation is 2. The molecule has 0 saturated carbocycles. The monoisotopic (exact) mass is 568 g/mol. The van der Waals surface area contributed by atoms with Crippen LogP contribution in [0.25, 0.3) is 0 Å². The number of methoxy groups -OCH3 is 1. The number of para-hydroxylation sites is 1. The zero-order valence-electron chi connectivity index (χ0n) is 23.8. The predicted octanol–water partition coefficient (Wildman–Crippen LogP) is 4.13. The lowest BCUT2D eigenvalue weighted by Gasteiger charge is -2.31. The molecule has 216 valence electrons. The van der Waals surface area contributed by atoms with Crippen molar-refractivity contribution < 1.29 is 27.8 Å². The number of rotatable bonds is 14. The van der Waals surface area contributed by atoms with Crippen molar-refractivity contribution in [2.24, 2.45) is 5.92 Å². The first-order valence-corrected chi connectivity index (χ1v) is 14.8. The fourth-order valence-corrected chi connectivity index (χ4v) is 6.10. The number of aliphatic hydroxyl groups excluding tert-OH is 1. The van der Waals surface area contributed by atoms with Crippen molar-refractivity contribution >= 4 is 15.9 Å². The molecule has 40 heavy (non-hydrogen) atoms. The molecule has 8 nitrogen and oxygen atoms in total. The molecule has 1 unspecified atom stereocenters. The molecular formula is C31H40N2O6S. The molecule has 0 aliphatic rings. The van der Waals surface area contributed by atoms with E-state index < -0.39 is 28.1 Å². The van der Waals surface area contributed by atoms with Crippen LogP contribution in [0.3, 0.4) is 0 Å². The second-order valence-electron chi connectivity index (χ2n) is 10.3.